The molecule has 0 unspecified atom stereocenters. The van der Waals surface area contributed by atoms with E-state index < -0.39 is 0 Å². The highest BCUT2D eigenvalue weighted by atomic mass is 16.5. The number of rotatable bonds is 6. The molecule has 2 aromatic rings. The fourth-order valence-corrected chi connectivity index (χ4v) is 2.51. The number of methoxy groups -OCH3 is 1. The summed E-state index contributed by atoms with van der Waals surface area (Å²) in [7, 11) is 3.62. The topological polar surface area (TPSA) is 30.5 Å². The van der Waals surface area contributed by atoms with Crippen LogP contribution in [-0.2, 0) is 4.74 Å². The van der Waals surface area contributed by atoms with Gasteiger partial charge in [-0.2, -0.15) is 0 Å². The van der Waals surface area contributed by atoms with Gasteiger partial charge in [-0.3, -0.25) is 0 Å². The molecule has 0 heterocycles. The van der Waals surface area contributed by atoms with E-state index in [0.717, 1.165) is 22.6 Å². The molecule has 0 radical (unpaired) electrons. The first-order valence-corrected chi connectivity index (χ1v) is 7.63. The Balaban J connectivity index is 2.47. The molecule has 0 aliphatic heterocycles. The van der Waals surface area contributed by atoms with Crippen molar-refractivity contribution >= 4 is 5.69 Å². The Morgan fingerprint density at radius 1 is 1.00 bits per heavy atom. The minimum Gasteiger partial charge on any atom is -0.497 e. The third kappa shape index (κ3) is 3.80. The lowest BCUT2D eigenvalue weighted by Crippen LogP contribution is -2.14. The third-order valence-electron chi connectivity index (χ3n) is 3.59. The van der Waals surface area contributed by atoms with Gasteiger partial charge in [-0.15, -0.1) is 0 Å². The molecule has 118 valence electrons. The molecule has 1 atom stereocenters. The summed E-state index contributed by atoms with van der Waals surface area (Å²) in [6, 6.07) is 14.5. The van der Waals surface area contributed by atoms with Gasteiger partial charge in [0.25, 0.3) is 0 Å². The summed E-state index contributed by atoms with van der Waals surface area (Å²) in [4.78, 5) is 0. The van der Waals surface area contributed by atoms with Gasteiger partial charge < -0.3 is 14.8 Å². The number of nitrogens with one attached hydrogen (secondary N) is 1. The fraction of sp³-hybridized carbons (Fsp3) is 0.368. The zero-order valence-corrected chi connectivity index (χ0v) is 14.0. The van der Waals surface area contributed by atoms with Crippen LogP contribution in [-0.4, -0.2) is 20.3 Å². The van der Waals surface area contributed by atoms with Crippen LogP contribution in [0.25, 0.3) is 0 Å². The Labute approximate surface area is 133 Å². The van der Waals surface area contributed by atoms with Crippen LogP contribution in [0.5, 0.6) is 5.75 Å². The summed E-state index contributed by atoms with van der Waals surface area (Å²) in [5.41, 5.74) is 4.59. The Kier molecular flexibility index (Phi) is 5.45. The van der Waals surface area contributed by atoms with Crippen LogP contribution in [0, 0.1) is 6.92 Å². The molecule has 2 rings (SSSR count). The van der Waals surface area contributed by atoms with E-state index in [9.17, 15) is 0 Å². The first-order chi connectivity index (χ1) is 10.5. The van der Waals surface area contributed by atoms with Crippen LogP contribution in [0.1, 0.15) is 36.6 Å². The second-order valence-corrected chi connectivity index (χ2v) is 5.68. The van der Waals surface area contributed by atoms with Crippen LogP contribution < -0.4 is 10.1 Å². The van der Waals surface area contributed by atoms with Gasteiger partial charge in [0.15, 0.2) is 0 Å². The summed E-state index contributed by atoms with van der Waals surface area (Å²) in [6.45, 7) is 6.22. The lowest BCUT2D eigenvalue weighted by Gasteiger charge is -2.24. The van der Waals surface area contributed by atoms with Gasteiger partial charge in [-0.05, 0) is 44.5 Å². The molecule has 0 aliphatic carbocycles. The van der Waals surface area contributed by atoms with Crippen molar-refractivity contribution in [3.8, 4) is 5.75 Å². The van der Waals surface area contributed by atoms with Gasteiger partial charge in [-0.25, -0.2) is 0 Å². The maximum Gasteiger partial charge on any atom is 0.118 e. The van der Waals surface area contributed by atoms with Crippen LogP contribution in [0.15, 0.2) is 42.5 Å². The molecule has 0 aromatic heterocycles. The molecule has 0 amide bonds. The summed E-state index contributed by atoms with van der Waals surface area (Å²) in [5.74, 6) is 0.852. The number of hydrogen-bond donors (Lipinski definition) is 1. The van der Waals surface area contributed by atoms with Gasteiger partial charge in [0, 0.05) is 18.3 Å². The smallest absolute Gasteiger partial charge is 0.118 e. The first kappa shape index (κ1) is 16.4. The standard InChI is InChI=1S/C19H25NO2/c1-13(2)22-19(15-7-9-16(21-5)10-8-15)17-12-14(3)6-11-18(17)20-4/h6-13,19-20H,1-5H3/t19-/m0/s1. The number of ether oxygens (including phenoxy) is 2. The molecule has 3 heteroatoms. The molecule has 0 aliphatic rings. The van der Waals surface area contributed by atoms with Crippen LogP contribution in [0.3, 0.4) is 0 Å². The van der Waals surface area contributed by atoms with E-state index in [1.807, 2.05) is 19.2 Å². The van der Waals surface area contributed by atoms with Gasteiger partial charge in [-0.1, -0.05) is 29.8 Å². The predicted octanol–water partition coefficient (Wildman–Crippen LogP) is 4.56. The molecule has 0 spiro atoms. The maximum atomic E-state index is 6.21. The van der Waals surface area contributed by atoms with Crippen LogP contribution in [0.4, 0.5) is 5.69 Å². The average molecular weight is 299 g/mol. The molecule has 2 aromatic carbocycles. The second-order valence-electron chi connectivity index (χ2n) is 5.68. The van der Waals surface area contributed by atoms with Gasteiger partial charge in [0.2, 0.25) is 0 Å². The van der Waals surface area contributed by atoms with E-state index in [0.29, 0.717) is 0 Å². The van der Waals surface area contributed by atoms with E-state index in [-0.39, 0.29) is 12.2 Å². The van der Waals surface area contributed by atoms with Crippen molar-refractivity contribution in [2.75, 3.05) is 19.5 Å². The van der Waals surface area contributed by atoms with Crippen molar-refractivity contribution in [3.63, 3.8) is 0 Å². The Morgan fingerprint density at radius 2 is 1.68 bits per heavy atom. The van der Waals surface area contributed by atoms with Crippen molar-refractivity contribution in [1.82, 2.24) is 0 Å². The normalized spacial score (nSPS) is 12.3. The third-order valence-corrected chi connectivity index (χ3v) is 3.59. The highest BCUT2D eigenvalue weighted by Crippen LogP contribution is 2.34. The van der Waals surface area contributed by atoms with Gasteiger partial charge in [0.1, 0.15) is 11.9 Å². The summed E-state index contributed by atoms with van der Waals surface area (Å²) < 4.78 is 11.5. The van der Waals surface area contributed by atoms with Crippen LogP contribution >= 0.6 is 0 Å². The zero-order valence-electron chi connectivity index (χ0n) is 14.0. The molecule has 0 saturated heterocycles. The summed E-state index contributed by atoms with van der Waals surface area (Å²) in [6.07, 6.45) is 0.0329. The maximum absolute atomic E-state index is 6.21. The van der Waals surface area contributed by atoms with E-state index >= 15 is 0 Å². The zero-order chi connectivity index (χ0) is 16.1. The van der Waals surface area contributed by atoms with Crippen molar-refractivity contribution in [2.45, 2.75) is 33.0 Å². The second kappa shape index (κ2) is 7.32. The number of anilines is 1. The Hall–Kier alpha value is -2.00. The molecule has 0 bridgehead atoms. The SMILES string of the molecule is CNc1ccc(C)cc1[C@@H](OC(C)C)c1ccc(OC)cc1. The summed E-state index contributed by atoms with van der Waals surface area (Å²) >= 11 is 0. The Bertz CT molecular complexity index is 605. The molecule has 0 saturated carbocycles. The number of aryl methyl sites for hydroxylation is 1. The number of hydrogen-bond acceptors (Lipinski definition) is 3. The summed E-state index contributed by atoms with van der Waals surface area (Å²) in [5, 5.41) is 3.26. The first-order valence-electron chi connectivity index (χ1n) is 7.63. The molecular weight excluding hydrogens is 274 g/mol. The van der Waals surface area contributed by atoms with Crippen molar-refractivity contribution < 1.29 is 9.47 Å². The lowest BCUT2D eigenvalue weighted by atomic mass is 9.97. The van der Waals surface area contributed by atoms with E-state index in [4.69, 9.17) is 9.47 Å². The molecular formula is C19H25NO2. The van der Waals surface area contributed by atoms with Gasteiger partial charge >= 0.3 is 0 Å². The van der Waals surface area contributed by atoms with Gasteiger partial charge in [0.05, 0.1) is 13.2 Å². The van der Waals surface area contributed by atoms with E-state index in [1.54, 1.807) is 7.11 Å². The quantitative estimate of drug-likeness (QED) is 0.848. The fourth-order valence-electron chi connectivity index (χ4n) is 2.51. The minimum absolute atomic E-state index is 0.103. The average Bonchev–Trinajstić information content (AvgIpc) is 2.52. The molecule has 1 N–H and O–H groups in total. The monoisotopic (exact) mass is 299 g/mol. The number of benzene rings is 2. The van der Waals surface area contributed by atoms with E-state index in [2.05, 4.69) is 56.4 Å². The molecule has 22 heavy (non-hydrogen) atoms. The molecule has 0 fully saturated rings. The lowest BCUT2D eigenvalue weighted by molar-refractivity contribution is 0.0307. The highest BCUT2D eigenvalue weighted by Gasteiger charge is 2.19. The highest BCUT2D eigenvalue weighted by molar-refractivity contribution is 5.55. The van der Waals surface area contributed by atoms with E-state index in [1.165, 1.54) is 5.56 Å². The van der Waals surface area contributed by atoms with Crippen LogP contribution in [0.2, 0.25) is 0 Å². The van der Waals surface area contributed by atoms with Crippen molar-refractivity contribution in [1.29, 1.82) is 0 Å². The molecule has 3 nitrogen and oxygen atoms in total. The minimum atomic E-state index is -0.103. The largest absolute Gasteiger partial charge is 0.497 e. The van der Waals surface area contributed by atoms with Crippen molar-refractivity contribution in [2.24, 2.45) is 0 Å². The van der Waals surface area contributed by atoms with Crippen molar-refractivity contribution in [3.05, 3.63) is 59.2 Å². The predicted molar refractivity (Wildman–Crippen MR) is 91.8 cm³/mol. The Morgan fingerprint density at radius 3 is 2.23 bits per heavy atom.